The first-order valence-electron chi connectivity index (χ1n) is 9.93. The summed E-state index contributed by atoms with van der Waals surface area (Å²) in [6, 6.07) is 11.8. The Balaban J connectivity index is 1.45. The zero-order valence-electron chi connectivity index (χ0n) is 17.2. The zero-order chi connectivity index (χ0) is 21.4. The minimum Gasteiger partial charge on any atom is -0.489 e. The molecule has 8 heteroatoms. The molecule has 1 aromatic carbocycles. The van der Waals surface area contributed by atoms with Gasteiger partial charge in [0.15, 0.2) is 5.65 Å². The fourth-order valence-corrected chi connectivity index (χ4v) is 3.34. The number of hydrogen-bond donors (Lipinski definition) is 3. The number of pyridine rings is 2. The number of aliphatic hydroxyl groups is 1. The third kappa shape index (κ3) is 4.06. The Morgan fingerprint density at radius 2 is 2.00 bits per heavy atom. The van der Waals surface area contributed by atoms with Crippen LogP contribution in [0.4, 0.5) is 11.5 Å². The molecule has 5 rings (SSSR count). The molecule has 0 amide bonds. The first kappa shape index (κ1) is 19.1. The summed E-state index contributed by atoms with van der Waals surface area (Å²) in [6.07, 6.45) is 9.06. The Morgan fingerprint density at radius 1 is 1.10 bits per heavy atom. The van der Waals surface area contributed by atoms with Crippen molar-refractivity contribution in [2.45, 2.75) is 19.4 Å². The largest absolute Gasteiger partial charge is 0.489 e. The lowest BCUT2D eigenvalue weighted by atomic mass is 10.1. The van der Waals surface area contributed by atoms with E-state index in [9.17, 15) is 5.11 Å². The summed E-state index contributed by atoms with van der Waals surface area (Å²) >= 11 is 0. The van der Waals surface area contributed by atoms with Gasteiger partial charge in [0, 0.05) is 24.2 Å². The summed E-state index contributed by atoms with van der Waals surface area (Å²) in [7, 11) is 0. The van der Waals surface area contributed by atoms with Gasteiger partial charge in [-0.25, -0.2) is 15.0 Å². The highest BCUT2D eigenvalue weighted by Crippen LogP contribution is 2.29. The van der Waals surface area contributed by atoms with Crippen LogP contribution in [0.25, 0.3) is 27.8 Å². The Morgan fingerprint density at radius 3 is 2.81 bits per heavy atom. The van der Waals surface area contributed by atoms with E-state index in [1.807, 2.05) is 35.0 Å². The number of benzene rings is 1. The lowest BCUT2D eigenvalue weighted by molar-refractivity contribution is 0.0284. The number of nitrogens with one attached hydrogen (secondary N) is 2. The summed E-state index contributed by atoms with van der Waals surface area (Å²) in [4.78, 5) is 16.3. The van der Waals surface area contributed by atoms with Gasteiger partial charge in [-0.05, 0) is 49.7 Å². The summed E-state index contributed by atoms with van der Waals surface area (Å²) in [6.45, 7) is 3.59. The highest BCUT2D eigenvalue weighted by molar-refractivity contribution is 5.84. The van der Waals surface area contributed by atoms with Crippen molar-refractivity contribution in [1.29, 1.82) is 0 Å². The van der Waals surface area contributed by atoms with Gasteiger partial charge in [-0.1, -0.05) is 6.07 Å². The maximum Gasteiger partial charge on any atom is 0.160 e. The summed E-state index contributed by atoms with van der Waals surface area (Å²) in [5, 5.41) is 13.2. The Bertz CT molecular complexity index is 1350. The monoisotopic (exact) mass is 414 g/mol. The van der Waals surface area contributed by atoms with Crippen molar-refractivity contribution in [3.05, 3.63) is 67.5 Å². The third-order valence-corrected chi connectivity index (χ3v) is 4.83. The standard InChI is InChI=1S/C23H22N6O2/c1-23(2,30)13-31-17-4-6-21(25-11-17)28-20-10-16(12-29-8-7-24-22(20)29)15-3-5-18-19(9-15)27-14-26-18/h3-12,14,30H,13H2,1-2H3,(H,25,28)(H,26,27). The minimum absolute atomic E-state index is 0.193. The van der Waals surface area contributed by atoms with Crippen molar-refractivity contribution < 1.29 is 9.84 Å². The maximum absolute atomic E-state index is 9.80. The van der Waals surface area contributed by atoms with Crippen molar-refractivity contribution in [2.24, 2.45) is 0 Å². The smallest absolute Gasteiger partial charge is 0.160 e. The van der Waals surface area contributed by atoms with Crippen LogP contribution in [0, 0.1) is 0 Å². The Labute approximate surface area is 178 Å². The van der Waals surface area contributed by atoms with Crippen molar-refractivity contribution in [3.8, 4) is 16.9 Å². The molecule has 5 aromatic rings. The molecule has 0 radical (unpaired) electrons. The van der Waals surface area contributed by atoms with E-state index in [-0.39, 0.29) is 6.61 Å². The predicted molar refractivity (Wildman–Crippen MR) is 120 cm³/mol. The second-order valence-corrected chi connectivity index (χ2v) is 8.04. The number of nitrogens with zero attached hydrogens (tertiary/aromatic N) is 4. The Hall–Kier alpha value is -3.91. The van der Waals surface area contributed by atoms with Gasteiger partial charge in [0.05, 0.1) is 34.8 Å². The number of aromatic nitrogens is 5. The zero-order valence-corrected chi connectivity index (χ0v) is 17.2. The summed E-state index contributed by atoms with van der Waals surface area (Å²) in [5.74, 6) is 1.27. The highest BCUT2D eigenvalue weighted by Gasteiger charge is 2.14. The third-order valence-electron chi connectivity index (χ3n) is 4.83. The van der Waals surface area contributed by atoms with E-state index in [0.29, 0.717) is 11.6 Å². The molecule has 3 N–H and O–H groups in total. The van der Waals surface area contributed by atoms with Crippen LogP contribution in [0.3, 0.4) is 0 Å². The molecule has 0 fully saturated rings. The van der Waals surface area contributed by atoms with E-state index >= 15 is 0 Å². The summed E-state index contributed by atoms with van der Waals surface area (Å²) in [5.41, 5.74) is 4.76. The fraction of sp³-hybridized carbons (Fsp3) is 0.174. The molecule has 4 aromatic heterocycles. The quantitative estimate of drug-likeness (QED) is 0.386. The predicted octanol–water partition coefficient (Wildman–Crippen LogP) is 4.17. The van der Waals surface area contributed by atoms with Gasteiger partial charge in [-0.2, -0.15) is 0 Å². The molecule has 4 heterocycles. The second-order valence-electron chi connectivity index (χ2n) is 8.04. The van der Waals surface area contributed by atoms with Crippen molar-refractivity contribution in [1.82, 2.24) is 24.3 Å². The summed E-state index contributed by atoms with van der Waals surface area (Å²) < 4.78 is 7.56. The van der Waals surface area contributed by atoms with Crippen LogP contribution in [-0.4, -0.2) is 41.7 Å². The van der Waals surface area contributed by atoms with Crippen LogP contribution in [0.2, 0.25) is 0 Å². The fourth-order valence-electron chi connectivity index (χ4n) is 3.34. The number of anilines is 2. The first-order valence-corrected chi connectivity index (χ1v) is 9.93. The molecule has 0 spiro atoms. The molecule has 0 saturated carbocycles. The van der Waals surface area contributed by atoms with Crippen LogP contribution < -0.4 is 10.1 Å². The number of hydrogen-bond acceptors (Lipinski definition) is 6. The number of aromatic amines is 1. The van der Waals surface area contributed by atoms with E-state index in [4.69, 9.17) is 4.74 Å². The lowest BCUT2D eigenvalue weighted by Gasteiger charge is -2.17. The molecule has 0 aliphatic rings. The van der Waals surface area contributed by atoms with E-state index in [0.717, 1.165) is 33.5 Å². The van der Waals surface area contributed by atoms with Gasteiger partial charge in [-0.15, -0.1) is 0 Å². The molecule has 0 aliphatic carbocycles. The number of imidazole rings is 2. The number of ether oxygens (including phenoxy) is 1. The SMILES string of the molecule is CC(C)(O)COc1ccc(Nc2cc(-c3ccc4nc[nH]c4c3)cn3ccnc23)nc1. The average Bonchev–Trinajstić information content (AvgIpc) is 3.41. The molecular formula is C23H22N6O2. The normalized spacial score (nSPS) is 11.8. The van der Waals surface area contributed by atoms with E-state index in [1.165, 1.54) is 0 Å². The van der Waals surface area contributed by atoms with Crippen LogP contribution in [0.15, 0.2) is 67.5 Å². The second kappa shape index (κ2) is 7.41. The molecule has 0 aliphatic heterocycles. The Kier molecular flexibility index (Phi) is 4.56. The molecule has 31 heavy (non-hydrogen) atoms. The van der Waals surface area contributed by atoms with Crippen LogP contribution in [0.5, 0.6) is 5.75 Å². The number of H-pyrrole nitrogens is 1. The lowest BCUT2D eigenvalue weighted by Crippen LogP contribution is -2.27. The average molecular weight is 414 g/mol. The molecule has 0 bridgehead atoms. The maximum atomic E-state index is 9.80. The number of rotatable bonds is 6. The molecular weight excluding hydrogens is 392 g/mol. The molecule has 0 saturated heterocycles. The molecule has 0 unspecified atom stereocenters. The van der Waals surface area contributed by atoms with Crippen molar-refractivity contribution in [2.75, 3.05) is 11.9 Å². The number of fused-ring (bicyclic) bond motifs is 2. The van der Waals surface area contributed by atoms with E-state index in [1.54, 1.807) is 32.6 Å². The van der Waals surface area contributed by atoms with Crippen molar-refractivity contribution >= 4 is 28.2 Å². The molecule has 156 valence electrons. The van der Waals surface area contributed by atoms with E-state index in [2.05, 4.69) is 43.5 Å². The topological polar surface area (TPSA) is 100 Å². The van der Waals surface area contributed by atoms with Gasteiger partial charge < -0.3 is 24.5 Å². The van der Waals surface area contributed by atoms with Gasteiger partial charge in [0.25, 0.3) is 0 Å². The highest BCUT2D eigenvalue weighted by atomic mass is 16.5. The molecule has 8 nitrogen and oxygen atoms in total. The van der Waals surface area contributed by atoms with Crippen LogP contribution in [0.1, 0.15) is 13.8 Å². The van der Waals surface area contributed by atoms with Crippen LogP contribution >= 0.6 is 0 Å². The molecule has 0 atom stereocenters. The van der Waals surface area contributed by atoms with Crippen LogP contribution in [-0.2, 0) is 0 Å². The van der Waals surface area contributed by atoms with E-state index < -0.39 is 5.60 Å². The van der Waals surface area contributed by atoms with Gasteiger partial charge in [0.2, 0.25) is 0 Å². The first-order chi connectivity index (χ1) is 14.9. The van der Waals surface area contributed by atoms with Crippen molar-refractivity contribution in [3.63, 3.8) is 0 Å². The van der Waals surface area contributed by atoms with Gasteiger partial charge in [-0.3, -0.25) is 0 Å². The van der Waals surface area contributed by atoms with Gasteiger partial charge in [0.1, 0.15) is 18.2 Å². The van der Waals surface area contributed by atoms with Gasteiger partial charge >= 0.3 is 0 Å². The minimum atomic E-state index is -0.900.